The van der Waals surface area contributed by atoms with Crippen molar-refractivity contribution in [1.82, 2.24) is 4.98 Å². The molecule has 0 aliphatic carbocycles. The van der Waals surface area contributed by atoms with Crippen molar-refractivity contribution in [2.45, 2.75) is 13.2 Å². The summed E-state index contributed by atoms with van der Waals surface area (Å²) in [6.07, 6.45) is 1.75. The molecular formula is C35H23BrN2O4S. The van der Waals surface area contributed by atoms with E-state index in [2.05, 4.69) is 27.0 Å². The summed E-state index contributed by atoms with van der Waals surface area (Å²) in [4.78, 5) is 17.3. The summed E-state index contributed by atoms with van der Waals surface area (Å²) in [6.45, 7) is 0.754. The molecule has 4 aromatic carbocycles. The van der Waals surface area contributed by atoms with E-state index in [0.29, 0.717) is 52.1 Å². The highest BCUT2D eigenvalue weighted by Crippen LogP contribution is 2.33. The summed E-state index contributed by atoms with van der Waals surface area (Å²) in [5.74, 6) is 1.16. The minimum atomic E-state index is -0.486. The molecule has 0 bridgehead atoms. The maximum atomic E-state index is 12.7. The molecule has 8 heteroatoms. The molecule has 0 atom stereocenters. The van der Waals surface area contributed by atoms with Gasteiger partial charge in [0.15, 0.2) is 11.5 Å². The van der Waals surface area contributed by atoms with Crippen molar-refractivity contribution < 1.29 is 13.9 Å². The third-order valence-corrected chi connectivity index (χ3v) is 7.95. The zero-order valence-electron chi connectivity index (χ0n) is 22.7. The zero-order valence-corrected chi connectivity index (χ0v) is 25.1. The number of fused-ring (bicyclic) bond motifs is 1. The van der Waals surface area contributed by atoms with E-state index < -0.39 is 5.63 Å². The Balaban J connectivity index is 1.29. The number of allylic oxidation sites excluding steroid dienone is 1. The third kappa shape index (κ3) is 6.75. The third-order valence-electron chi connectivity index (χ3n) is 6.58. The Hall–Kier alpha value is -4.97. The second-order valence-electron chi connectivity index (χ2n) is 9.59. The van der Waals surface area contributed by atoms with Crippen molar-refractivity contribution >= 4 is 49.9 Å². The molecule has 43 heavy (non-hydrogen) atoms. The smallest absolute Gasteiger partial charge is 0.345 e. The van der Waals surface area contributed by atoms with E-state index in [9.17, 15) is 10.1 Å². The Bertz CT molecular complexity index is 2030. The summed E-state index contributed by atoms with van der Waals surface area (Å²) < 4.78 is 18.7. The van der Waals surface area contributed by atoms with Crippen molar-refractivity contribution in [3.63, 3.8) is 0 Å². The van der Waals surface area contributed by atoms with Crippen LogP contribution in [0.1, 0.15) is 21.7 Å². The van der Waals surface area contributed by atoms with Crippen LogP contribution in [0, 0.1) is 11.3 Å². The molecule has 6 aromatic rings. The maximum absolute atomic E-state index is 12.7. The second-order valence-corrected chi connectivity index (χ2v) is 11.4. The van der Waals surface area contributed by atoms with Gasteiger partial charge in [-0.05, 0) is 59.2 Å². The van der Waals surface area contributed by atoms with Crippen LogP contribution < -0.4 is 15.1 Å². The van der Waals surface area contributed by atoms with E-state index in [0.717, 1.165) is 26.5 Å². The van der Waals surface area contributed by atoms with Gasteiger partial charge in [-0.25, -0.2) is 9.78 Å². The van der Waals surface area contributed by atoms with E-state index in [1.165, 1.54) is 11.3 Å². The molecule has 0 aliphatic rings. The average molecular weight is 648 g/mol. The summed E-state index contributed by atoms with van der Waals surface area (Å²) in [6, 6.07) is 34.8. The van der Waals surface area contributed by atoms with Gasteiger partial charge in [0, 0.05) is 15.2 Å². The second kappa shape index (κ2) is 12.9. The maximum Gasteiger partial charge on any atom is 0.345 e. The summed E-state index contributed by atoms with van der Waals surface area (Å²) >= 11 is 4.74. The van der Waals surface area contributed by atoms with Gasteiger partial charge >= 0.3 is 5.63 Å². The van der Waals surface area contributed by atoms with Crippen LogP contribution in [0.4, 0.5) is 0 Å². The molecule has 0 aliphatic heterocycles. The van der Waals surface area contributed by atoms with Gasteiger partial charge in [-0.3, -0.25) is 0 Å². The quantitative estimate of drug-likeness (QED) is 0.115. The fourth-order valence-corrected chi connectivity index (χ4v) is 5.58. The van der Waals surface area contributed by atoms with E-state index in [1.54, 1.807) is 23.6 Å². The zero-order chi connectivity index (χ0) is 29.6. The fraction of sp³-hybridized carbons (Fsp3) is 0.0571. The molecule has 6 nitrogen and oxygen atoms in total. The van der Waals surface area contributed by atoms with Crippen LogP contribution in [0.3, 0.4) is 0 Å². The highest BCUT2D eigenvalue weighted by Gasteiger charge is 2.15. The number of thiazole rings is 1. The SMILES string of the molecule is N#C/C(=C\c1ccc(OCc2ccccc2)c(OCc2ccccc2)c1)c1nc(-c2cc3cc(Br)ccc3oc2=O)cs1. The van der Waals surface area contributed by atoms with Gasteiger partial charge in [-0.15, -0.1) is 11.3 Å². The van der Waals surface area contributed by atoms with Crippen LogP contribution in [0.2, 0.25) is 0 Å². The van der Waals surface area contributed by atoms with E-state index >= 15 is 0 Å². The Labute approximate surface area is 260 Å². The van der Waals surface area contributed by atoms with Crippen LogP contribution in [-0.4, -0.2) is 4.98 Å². The van der Waals surface area contributed by atoms with Gasteiger partial charge in [-0.2, -0.15) is 5.26 Å². The molecule has 0 saturated heterocycles. The molecule has 0 fully saturated rings. The van der Waals surface area contributed by atoms with Crippen molar-refractivity contribution in [2.24, 2.45) is 0 Å². The largest absolute Gasteiger partial charge is 0.485 e. The standard InChI is InChI=1S/C35H23BrN2O4S/c36-28-12-14-31-26(17-28)18-29(35(39)42-31)30-22-43-34(38-30)27(19-37)15-25-11-13-32(40-20-23-7-3-1-4-8-23)33(16-25)41-21-24-9-5-2-6-10-24/h1-18,22H,20-21H2/b27-15+. The van der Waals surface area contributed by atoms with Crippen LogP contribution >= 0.6 is 27.3 Å². The molecular weight excluding hydrogens is 624 g/mol. The first-order chi connectivity index (χ1) is 21.1. The molecule has 0 spiro atoms. The van der Waals surface area contributed by atoms with Crippen LogP contribution in [0.15, 0.2) is 122 Å². The Morgan fingerprint density at radius 2 is 1.58 bits per heavy atom. The number of aromatic nitrogens is 1. The van der Waals surface area contributed by atoms with Crippen molar-refractivity contribution in [3.05, 3.63) is 145 Å². The molecule has 210 valence electrons. The first-order valence-electron chi connectivity index (χ1n) is 13.3. The first kappa shape index (κ1) is 28.2. The summed E-state index contributed by atoms with van der Waals surface area (Å²) in [5, 5.41) is 13.1. The van der Waals surface area contributed by atoms with E-state index in [1.807, 2.05) is 91.0 Å². The number of halogens is 1. The number of benzene rings is 4. The molecule has 0 N–H and O–H groups in total. The number of rotatable bonds is 9. The normalized spacial score (nSPS) is 11.3. The van der Waals surface area contributed by atoms with Gasteiger partial charge in [0.25, 0.3) is 0 Å². The minimum Gasteiger partial charge on any atom is -0.485 e. The Kier molecular flexibility index (Phi) is 8.45. The lowest BCUT2D eigenvalue weighted by molar-refractivity contribution is 0.256. The molecule has 0 amide bonds. The van der Waals surface area contributed by atoms with Gasteiger partial charge in [0.2, 0.25) is 0 Å². The lowest BCUT2D eigenvalue weighted by Crippen LogP contribution is -2.03. The van der Waals surface area contributed by atoms with Crippen LogP contribution in [0.25, 0.3) is 33.9 Å². The minimum absolute atomic E-state index is 0.335. The highest BCUT2D eigenvalue weighted by atomic mass is 79.9. The molecule has 2 aromatic heterocycles. The number of nitrogens with zero attached hydrogens (tertiary/aromatic N) is 2. The predicted octanol–water partition coefficient (Wildman–Crippen LogP) is 8.90. The van der Waals surface area contributed by atoms with Crippen molar-refractivity contribution in [2.75, 3.05) is 0 Å². The number of hydrogen-bond donors (Lipinski definition) is 0. The van der Waals surface area contributed by atoms with Gasteiger partial charge in [0.1, 0.15) is 29.9 Å². The van der Waals surface area contributed by atoms with Crippen molar-refractivity contribution in [1.29, 1.82) is 5.26 Å². The van der Waals surface area contributed by atoms with E-state index in [4.69, 9.17) is 13.9 Å². The predicted molar refractivity (Wildman–Crippen MR) is 173 cm³/mol. The Morgan fingerprint density at radius 1 is 0.884 bits per heavy atom. The van der Waals surface area contributed by atoms with Gasteiger partial charge in [0.05, 0.1) is 16.8 Å². The lowest BCUT2D eigenvalue weighted by Gasteiger charge is -2.14. The van der Waals surface area contributed by atoms with Gasteiger partial charge < -0.3 is 13.9 Å². The Morgan fingerprint density at radius 3 is 2.28 bits per heavy atom. The highest BCUT2D eigenvalue weighted by molar-refractivity contribution is 9.10. The monoisotopic (exact) mass is 646 g/mol. The molecule has 0 unspecified atom stereocenters. The van der Waals surface area contributed by atoms with Crippen molar-refractivity contribution in [3.8, 4) is 28.8 Å². The summed E-state index contributed by atoms with van der Waals surface area (Å²) in [7, 11) is 0. The molecule has 0 radical (unpaired) electrons. The first-order valence-corrected chi connectivity index (χ1v) is 15.0. The number of hydrogen-bond acceptors (Lipinski definition) is 7. The molecule has 0 saturated carbocycles. The van der Waals surface area contributed by atoms with E-state index in [-0.39, 0.29) is 0 Å². The number of nitriles is 1. The molecule has 6 rings (SSSR count). The topological polar surface area (TPSA) is 85.3 Å². The number of ether oxygens (including phenoxy) is 2. The summed E-state index contributed by atoms with van der Waals surface area (Å²) in [5.41, 5.74) is 3.97. The van der Waals surface area contributed by atoms with Gasteiger partial charge in [-0.1, -0.05) is 82.7 Å². The fourth-order valence-electron chi connectivity index (χ4n) is 4.42. The van der Waals surface area contributed by atoms with Crippen LogP contribution in [0.5, 0.6) is 11.5 Å². The average Bonchev–Trinajstić information content (AvgIpc) is 3.53. The lowest BCUT2D eigenvalue weighted by atomic mass is 10.1. The van der Waals surface area contributed by atoms with Crippen LogP contribution in [-0.2, 0) is 13.2 Å². The molecule has 2 heterocycles.